The van der Waals surface area contributed by atoms with Crippen LogP contribution in [0.25, 0.3) is 16.0 Å². The number of rotatable bonds is 5. The molecular weight excluding hydrogens is 512 g/mol. The lowest BCUT2D eigenvalue weighted by Gasteiger charge is -2.13. The standard InChI is InChI=1S/C17H10BrF6N7O/c18-12(6-14(32)29-28-13-7-25-1-2-26-13)31-8-27-15(30-31)9-3-10(16(19,20)21)5-11(4-9)17(22,23)24/h1-8H,(H,26,28)(H,29,32)/b12-6+. The average Bonchev–Trinajstić information content (AvgIpc) is 3.22. The molecule has 0 unspecified atom stereocenters. The molecule has 0 aliphatic rings. The molecular formula is C17H10BrF6N7O. The minimum absolute atomic E-state index is 0.00211. The number of hydrazine groups is 1. The van der Waals surface area contributed by atoms with Crippen LogP contribution in [-0.4, -0.2) is 30.6 Å². The van der Waals surface area contributed by atoms with E-state index < -0.39 is 40.8 Å². The summed E-state index contributed by atoms with van der Waals surface area (Å²) >= 11 is 3.04. The molecule has 0 saturated heterocycles. The van der Waals surface area contributed by atoms with Crippen LogP contribution in [-0.2, 0) is 17.1 Å². The molecule has 0 fully saturated rings. The lowest BCUT2D eigenvalue weighted by atomic mass is 10.0. The first-order chi connectivity index (χ1) is 14.9. The zero-order valence-corrected chi connectivity index (χ0v) is 17.0. The van der Waals surface area contributed by atoms with Gasteiger partial charge in [-0.05, 0) is 34.1 Å². The molecule has 0 aliphatic heterocycles. The molecule has 0 radical (unpaired) electrons. The largest absolute Gasteiger partial charge is 0.416 e. The van der Waals surface area contributed by atoms with E-state index in [4.69, 9.17) is 0 Å². The summed E-state index contributed by atoms with van der Waals surface area (Å²) in [5.74, 6) is -0.846. The van der Waals surface area contributed by atoms with E-state index >= 15 is 0 Å². The van der Waals surface area contributed by atoms with Crippen LogP contribution in [0, 0.1) is 0 Å². The molecule has 2 aromatic heterocycles. The van der Waals surface area contributed by atoms with E-state index in [1.54, 1.807) is 0 Å². The molecule has 1 amide bonds. The third-order valence-corrected chi connectivity index (χ3v) is 4.28. The highest BCUT2D eigenvalue weighted by Gasteiger charge is 2.37. The molecule has 2 heterocycles. The van der Waals surface area contributed by atoms with E-state index in [1.165, 1.54) is 18.6 Å². The van der Waals surface area contributed by atoms with Crippen LogP contribution >= 0.6 is 15.9 Å². The lowest BCUT2D eigenvalue weighted by Crippen LogP contribution is -2.28. The number of anilines is 1. The Morgan fingerprint density at radius 1 is 1.00 bits per heavy atom. The number of nitrogens with zero attached hydrogens (tertiary/aromatic N) is 5. The van der Waals surface area contributed by atoms with Crippen LogP contribution in [0.1, 0.15) is 11.1 Å². The highest BCUT2D eigenvalue weighted by molar-refractivity contribution is 9.14. The third-order valence-electron chi connectivity index (χ3n) is 3.68. The van der Waals surface area contributed by atoms with Crippen molar-refractivity contribution in [3.63, 3.8) is 0 Å². The molecule has 0 aliphatic carbocycles. The number of carbonyl (C=O) groups is 1. The fraction of sp³-hybridized carbons (Fsp3) is 0.118. The number of hydrogen-bond donors (Lipinski definition) is 2. The molecule has 3 aromatic rings. The molecule has 1 aromatic carbocycles. The fourth-order valence-corrected chi connectivity index (χ4v) is 2.66. The van der Waals surface area contributed by atoms with Gasteiger partial charge in [0.05, 0.1) is 17.3 Å². The van der Waals surface area contributed by atoms with Crippen molar-refractivity contribution >= 4 is 32.3 Å². The van der Waals surface area contributed by atoms with Crippen LogP contribution in [0.3, 0.4) is 0 Å². The molecule has 32 heavy (non-hydrogen) atoms. The van der Waals surface area contributed by atoms with Gasteiger partial charge in [0, 0.05) is 24.0 Å². The quantitative estimate of drug-likeness (QED) is 0.298. The predicted octanol–water partition coefficient (Wildman–Crippen LogP) is 4.11. The first-order valence-electron chi connectivity index (χ1n) is 8.34. The van der Waals surface area contributed by atoms with Crippen molar-refractivity contribution < 1.29 is 31.1 Å². The van der Waals surface area contributed by atoms with Gasteiger partial charge < -0.3 is 0 Å². The fourth-order valence-electron chi connectivity index (χ4n) is 2.28. The summed E-state index contributed by atoms with van der Waals surface area (Å²) in [7, 11) is 0. The number of aromatic nitrogens is 5. The van der Waals surface area contributed by atoms with Crippen molar-refractivity contribution in [2.24, 2.45) is 0 Å². The number of hydrogen-bond acceptors (Lipinski definition) is 6. The zero-order valence-electron chi connectivity index (χ0n) is 15.4. The monoisotopic (exact) mass is 521 g/mol. The first kappa shape index (κ1) is 23.2. The second-order valence-electron chi connectivity index (χ2n) is 5.98. The van der Waals surface area contributed by atoms with E-state index in [2.05, 4.69) is 46.8 Å². The second kappa shape index (κ2) is 8.94. The highest BCUT2D eigenvalue weighted by atomic mass is 79.9. The average molecular weight is 522 g/mol. The molecule has 2 N–H and O–H groups in total. The van der Waals surface area contributed by atoms with Gasteiger partial charge in [0.25, 0.3) is 5.91 Å². The van der Waals surface area contributed by atoms with Crippen LogP contribution < -0.4 is 10.9 Å². The Balaban J connectivity index is 1.83. The van der Waals surface area contributed by atoms with Crippen molar-refractivity contribution in [2.45, 2.75) is 12.4 Å². The number of nitrogens with one attached hydrogen (secondary N) is 2. The summed E-state index contributed by atoms with van der Waals surface area (Å²) in [6.07, 6.45) is -3.86. The van der Waals surface area contributed by atoms with Crippen molar-refractivity contribution in [1.82, 2.24) is 30.2 Å². The van der Waals surface area contributed by atoms with Gasteiger partial charge in [0.15, 0.2) is 11.6 Å². The normalized spacial score (nSPS) is 12.5. The van der Waals surface area contributed by atoms with Gasteiger partial charge in [-0.15, -0.1) is 5.10 Å². The second-order valence-corrected chi connectivity index (χ2v) is 6.79. The molecule has 0 spiro atoms. The maximum Gasteiger partial charge on any atom is 0.416 e. The number of alkyl halides is 6. The first-order valence-corrected chi connectivity index (χ1v) is 9.14. The molecule has 0 atom stereocenters. The summed E-state index contributed by atoms with van der Waals surface area (Å²) in [4.78, 5) is 23.3. The zero-order chi connectivity index (χ0) is 23.5. The molecule has 168 valence electrons. The van der Waals surface area contributed by atoms with Crippen molar-refractivity contribution in [3.05, 3.63) is 60.3 Å². The minimum Gasteiger partial charge on any atom is -0.280 e. The van der Waals surface area contributed by atoms with E-state index in [0.717, 1.165) is 17.1 Å². The van der Waals surface area contributed by atoms with Crippen LogP contribution in [0.4, 0.5) is 32.2 Å². The topological polar surface area (TPSA) is 97.6 Å². The summed E-state index contributed by atoms with van der Waals surface area (Å²) in [5, 5.41) is 3.83. The number of benzene rings is 1. The van der Waals surface area contributed by atoms with Gasteiger partial charge in [-0.3, -0.25) is 20.6 Å². The molecule has 15 heteroatoms. The maximum atomic E-state index is 13.0. The Morgan fingerprint density at radius 2 is 1.66 bits per heavy atom. The molecule has 0 saturated carbocycles. The van der Waals surface area contributed by atoms with Gasteiger partial charge >= 0.3 is 12.4 Å². The van der Waals surface area contributed by atoms with Crippen molar-refractivity contribution in [2.75, 3.05) is 5.43 Å². The van der Waals surface area contributed by atoms with E-state index in [1.807, 2.05) is 0 Å². The number of carbonyl (C=O) groups excluding carboxylic acids is 1. The van der Waals surface area contributed by atoms with Crippen LogP contribution in [0.5, 0.6) is 0 Å². The summed E-state index contributed by atoms with van der Waals surface area (Å²) in [6, 6.07) is 1.01. The van der Waals surface area contributed by atoms with Gasteiger partial charge in [0.2, 0.25) is 0 Å². The van der Waals surface area contributed by atoms with Gasteiger partial charge in [-0.2, -0.15) is 26.3 Å². The molecule has 3 rings (SSSR count). The third kappa shape index (κ3) is 5.81. The minimum atomic E-state index is -5.01. The summed E-state index contributed by atoms with van der Waals surface area (Å²) in [6.45, 7) is 0. The maximum absolute atomic E-state index is 13.0. The highest BCUT2D eigenvalue weighted by Crippen LogP contribution is 2.38. The Labute approximate surface area is 183 Å². The molecule has 0 bridgehead atoms. The van der Waals surface area contributed by atoms with Crippen molar-refractivity contribution in [3.8, 4) is 11.4 Å². The van der Waals surface area contributed by atoms with Gasteiger partial charge in [-0.1, -0.05) is 0 Å². The smallest absolute Gasteiger partial charge is 0.280 e. The number of halogens is 7. The van der Waals surface area contributed by atoms with E-state index in [9.17, 15) is 31.1 Å². The van der Waals surface area contributed by atoms with Crippen LogP contribution in [0.15, 0.2) is 49.2 Å². The lowest BCUT2D eigenvalue weighted by molar-refractivity contribution is -0.143. The van der Waals surface area contributed by atoms with Crippen molar-refractivity contribution in [1.29, 1.82) is 0 Å². The summed E-state index contributed by atoms with van der Waals surface area (Å²) in [5.41, 5.74) is 1.26. The Bertz CT molecular complexity index is 1110. The number of amides is 1. The van der Waals surface area contributed by atoms with Crippen LogP contribution in [0.2, 0.25) is 0 Å². The van der Waals surface area contributed by atoms with E-state index in [0.29, 0.717) is 12.1 Å². The Hall–Kier alpha value is -3.49. The summed E-state index contributed by atoms with van der Waals surface area (Å²) < 4.78 is 79.2. The van der Waals surface area contributed by atoms with Gasteiger partial charge in [0.1, 0.15) is 10.9 Å². The Morgan fingerprint density at radius 3 is 2.22 bits per heavy atom. The Kier molecular flexibility index (Phi) is 6.47. The van der Waals surface area contributed by atoms with E-state index in [-0.39, 0.29) is 16.5 Å². The SMILES string of the molecule is O=C(/C=C(\Br)n1cnc(-c2cc(C(F)(F)F)cc(C(F)(F)F)c2)n1)NNc1cnccn1. The predicted molar refractivity (Wildman–Crippen MR) is 102 cm³/mol. The van der Waals surface area contributed by atoms with Gasteiger partial charge in [-0.25, -0.2) is 14.6 Å². The molecule has 8 nitrogen and oxygen atoms in total.